The Hall–Kier alpha value is -2.24. The van der Waals surface area contributed by atoms with Crippen molar-refractivity contribution in [2.45, 2.75) is 46.1 Å². The largest absolute Gasteiger partial charge is 0.508 e. The van der Waals surface area contributed by atoms with E-state index < -0.39 is 0 Å². The molecule has 25 heavy (non-hydrogen) atoms. The van der Waals surface area contributed by atoms with Gasteiger partial charge in [-0.2, -0.15) is 0 Å². The molecule has 2 unspecified atom stereocenters. The van der Waals surface area contributed by atoms with Crippen molar-refractivity contribution in [3.05, 3.63) is 24.3 Å². The van der Waals surface area contributed by atoms with Crippen LogP contribution in [0.15, 0.2) is 29.3 Å². The maximum absolute atomic E-state index is 12.1. The number of benzene rings is 1. The van der Waals surface area contributed by atoms with Crippen LogP contribution in [-0.2, 0) is 4.79 Å². The molecule has 0 aromatic heterocycles. The molecule has 0 saturated heterocycles. The number of phenolic OH excluding ortho intramolecular Hbond substituents is 1. The lowest BCUT2D eigenvalue weighted by Crippen LogP contribution is -2.46. The van der Waals surface area contributed by atoms with Gasteiger partial charge in [0.25, 0.3) is 0 Å². The molecule has 0 heterocycles. The van der Waals surface area contributed by atoms with E-state index in [4.69, 9.17) is 0 Å². The normalized spacial score (nSPS) is 23.8. The molecule has 1 aromatic carbocycles. The molecule has 1 amide bonds. The number of hydrogen-bond acceptors (Lipinski definition) is 3. The van der Waals surface area contributed by atoms with Crippen LogP contribution in [0.3, 0.4) is 0 Å². The first-order chi connectivity index (χ1) is 12.0. The first-order valence-corrected chi connectivity index (χ1v) is 9.10. The summed E-state index contributed by atoms with van der Waals surface area (Å²) >= 11 is 0. The average Bonchev–Trinajstić information content (AvgIpc) is 2.54. The Kier molecular flexibility index (Phi) is 7.10. The molecule has 2 rings (SSSR count). The molecule has 0 bridgehead atoms. The van der Waals surface area contributed by atoms with Gasteiger partial charge < -0.3 is 21.1 Å². The lowest BCUT2D eigenvalue weighted by Gasteiger charge is -2.32. The Morgan fingerprint density at radius 2 is 1.80 bits per heavy atom. The topological polar surface area (TPSA) is 85.8 Å². The van der Waals surface area contributed by atoms with Crippen LogP contribution < -0.4 is 16.0 Å². The van der Waals surface area contributed by atoms with Crippen molar-refractivity contribution in [3.8, 4) is 5.75 Å². The quantitative estimate of drug-likeness (QED) is 0.375. The van der Waals surface area contributed by atoms with E-state index in [0.717, 1.165) is 19.4 Å². The van der Waals surface area contributed by atoms with Gasteiger partial charge in [-0.1, -0.05) is 13.8 Å². The van der Waals surface area contributed by atoms with E-state index >= 15 is 0 Å². The standard InChI is InChI=1S/C19H30N4O2/c1-4-20-19(23-16-10-13(2)9-14(3)11-16)21-12-18(25)22-15-5-7-17(24)8-6-15/h5-8,13-14,16,24H,4,9-12H2,1-3H3,(H,22,25)(H2,20,21,23). The minimum atomic E-state index is -0.187. The summed E-state index contributed by atoms with van der Waals surface area (Å²) in [5.41, 5.74) is 0.644. The molecule has 1 fully saturated rings. The summed E-state index contributed by atoms with van der Waals surface area (Å²) < 4.78 is 0. The SMILES string of the molecule is CCNC(=NCC(=O)Nc1ccc(O)cc1)NC1CC(C)CC(C)C1. The number of aromatic hydroxyl groups is 1. The third-order valence-electron chi connectivity index (χ3n) is 4.40. The second-order valence-electron chi connectivity index (χ2n) is 7.05. The van der Waals surface area contributed by atoms with Gasteiger partial charge in [-0.15, -0.1) is 0 Å². The number of anilines is 1. The van der Waals surface area contributed by atoms with E-state index in [1.54, 1.807) is 12.1 Å². The molecule has 4 N–H and O–H groups in total. The summed E-state index contributed by atoms with van der Waals surface area (Å²) in [5, 5.41) is 18.7. The van der Waals surface area contributed by atoms with Crippen LogP contribution in [0, 0.1) is 11.8 Å². The smallest absolute Gasteiger partial charge is 0.246 e. The summed E-state index contributed by atoms with van der Waals surface area (Å²) in [6, 6.07) is 6.79. The van der Waals surface area contributed by atoms with Crippen molar-refractivity contribution in [3.63, 3.8) is 0 Å². The predicted molar refractivity (Wildman–Crippen MR) is 102 cm³/mol. The number of nitrogens with one attached hydrogen (secondary N) is 3. The van der Waals surface area contributed by atoms with Crippen LogP contribution in [0.2, 0.25) is 0 Å². The van der Waals surface area contributed by atoms with E-state index in [1.807, 2.05) is 6.92 Å². The van der Waals surface area contributed by atoms with Crippen LogP contribution >= 0.6 is 0 Å². The van der Waals surface area contributed by atoms with Gasteiger partial charge in [0.15, 0.2) is 5.96 Å². The third-order valence-corrected chi connectivity index (χ3v) is 4.40. The van der Waals surface area contributed by atoms with Crippen molar-refractivity contribution in [1.82, 2.24) is 10.6 Å². The van der Waals surface area contributed by atoms with Gasteiger partial charge >= 0.3 is 0 Å². The van der Waals surface area contributed by atoms with Crippen molar-refractivity contribution in [1.29, 1.82) is 0 Å². The minimum Gasteiger partial charge on any atom is -0.508 e. The molecule has 6 heteroatoms. The van der Waals surface area contributed by atoms with E-state index in [0.29, 0.717) is 29.5 Å². The highest BCUT2D eigenvalue weighted by Crippen LogP contribution is 2.28. The first-order valence-electron chi connectivity index (χ1n) is 9.10. The fraction of sp³-hybridized carbons (Fsp3) is 0.579. The van der Waals surface area contributed by atoms with Crippen LogP contribution in [0.5, 0.6) is 5.75 Å². The highest BCUT2D eigenvalue weighted by atomic mass is 16.3. The third kappa shape index (κ3) is 6.64. The number of phenols is 1. The number of guanidine groups is 1. The number of carbonyl (C=O) groups is 1. The van der Waals surface area contributed by atoms with E-state index in [-0.39, 0.29) is 18.2 Å². The van der Waals surface area contributed by atoms with Gasteiger partial charge in [-0.05, 0) is 62.3 Å². The highest BCUT2D eigenvalue weighted by molar-refractivity contribution is 5.94. The highest BCUT2D eigenvalue weighted by Gasteiger charge is 2.24. The predicted octanol–water partition coefficient (Wildman–Crippen LogP) is 2.71. The van der Waals surface area contributed by atoms with Crippen molar-refractivity contribution < 1.29 is 9.90 Å². The maximum atomic E-state index is 12.1. The van der Waals surface area contributed by atoms with Gasteiger partial charge in [0.1, 0.15) is 12.3 Å². The van der Waals surface area contributed by atoms with E-state index in [2.05, 4.69) is 34.8 Å². The Bertz CT molecular complexity index is 576. The molecule has 6 nitrogen and oxygen atoms in total. The van der Waals surface area contributed by atoms with Crippen LogP contribution in [0.4, 0.5) is 5.69 Å². The van der Waals surface area contributed by atoms with E-state index in [9.17, 15) is 9.90 Å². The zero-order valence-corrected chi connectivity index (χ0v) is 15.4. The zero-order chi connectivity index (χ0) is 18.2. The minimum absolute atomic E-state index is 0.0496. The van der Waals surface area contributed by atoms with Gasteiger partial charge in [0.2, 0.25) is 5.91 Å². The molecule has 0 spiro atoms. The molecule has 1 aromatic rings. The molecule has 1 saturated carbocycles. The lowest BCUT2D eigenvalue weighted by molar-refractivity contribution is -0.114. The number of nitrogens with zero attached hydrogens (tertiary/aromatic N) is 1. The monoisotopic (exact) mass is 346 g/mol. The Morgan fingerprint density at radius 1 is 1.16 bits per heavy atom. The van der Waals surface area contributed by atoms with Crippen molar-refractivity contribution in [2.24, 2.45) is 16.8 Å². The van der Waals surface area contributed by atoms with Gasteiger partial charge in [0, 0.05) is 18.3 Å². The maximum Gasteiger partial charge on any atom is 0.246 e. The average molecular weight is 346 g/mol. The zero-order valence-electron chi connectivity index (χ0n) is 15.4. The molecular weight excluding hydrogens is 316 g/mol. The molecule has 138 valence electrons. The van der Waals surface area contributed by atoms with Gasteiger partial charge in [-0.3, -0.25) is 4.79 Å². The number of carbonyl (C=O) groups excluding carboxylic acids is 1. The molecule has 0 radical (unpaired) electrons. The number of amides is 1. The summed E-state index contributed by atoms with van der Waals surface area (Å²) in [5.74, 6) is 2.09. The van der Waals surface area contributed by atoms with Crippen molar-refractivity contribution in [2.75, 3.05) is 18.4 Å². The van der Waals surface area contributed by atoms with Crippen LogP contribution in [0.1, 0.15) is 40.0 Å². The van der Waals surface area contributed by atoms with Gasteiger partial charge in [-0.25, -0.2) is 4.99 Å². The summed E-state index contributed by atoms with van der Waals surface area (Å²) in [4.78, 5) is 16.5. The second-order valence-corrected chi connectivity index (χ2v) is 7.05. The molecule has 0 aliphatic heterocycles. The van der Waals surface area contributed by atoms with Crippen LogP contribution in [-0.4, -0.2) is 36.1 Å². The Balaban J connectivity index is 1.89. The molecular formula is C19H30N4O2. The van der Waals surface area contributed by atoms with Crippen molar-refractivity contribution >= 4 is 17.6 Å². The number of rotatable bonds is 5. The number of aliphatic imine (C=N–C) groups is 1. The van der Waals surface area contributed by atoms with Crippen LogP contribution in [0.25, 0.3) is 0 Å². The van der Waals surface area contributed by atoms with E-state index in [1.165, 1.54) is 18.6 Å². The summed E-state index contributed by atoms with van der Waals surface area (Å²) in [7, 11) is 0. The lowest BCUT2D eigenvalue weighted by atomic mass is 9.80. The first kappa shape index (κ1) is 19.1. The second kappa shape index (κ2) is 9.30. The summed E-state index contributed by atoms with van der Waals surface area (Å²) in [6.45, 7) is 7.40. The fourth-order valence-electron chi connectivity index (χ4n) is 3.47. The fourth-order valence-corrected chi connectivity index (χ4v) is 3.47. The van der Waals surface area contributed by atoms with Gasteiger partial charge in [0.05, 0.1) is 0 Å². The summed E-state index contributed by atoms with van der Waals surface area (Å²) in [6.07, 6.45) is 3.55. The molecule has 1 aliphatic rings. The molecule has 1 aliphatic carbocycles. The molecule has 2 atom stereocenters. The Labute approximate surface area is 150 Å². The Morgan fingerprint density at radius 3 is 2.40 bits per heavy atom. The number of hydrogen-bond donors (Lipinski definition) is 4.